The number of carboxylic acid groups (broad SMARTS) is 1. The third-order valence-corrected chi connectivity index (χ3v) is 1.69. The SMILES string of the molecule is O=C(O)N(CCBr)CCBr. The highest BCUT2D eigenvalue weighted by Crippen LogP contribution is 1.93. The lowest BCUT2D eigenvalue weighted by Gasteiger charge is -2.15. The molecule has 0 aliphatic carbocycles. The van der Waals surface area contributed by atoms with E-state index in [0.29, 0.717) is 23.7 Å². The van der Waals surface area contributed by atoms with Crippen LogP contribution < -0.4 is 0 Å². The predicted molar refractivity (Wildman–Crippen MR) is 47.2 cm³/mol. The molecule has 0 aliphatic rings. The number of hydrogen-bond donors (Lipinski definition) is 1. The van der Waals surface area contributed by atoms with E-state index < -0.39 is 6.09 Å². The summed E-state index contributed by atoms with van der Waals surface area (Å²) in [5.74, 6) is 0. The van der Waals surface area contributed by atoms with Gasteiger partial charge in [-0.3, -0.25) is 0 Å². The highest BCUT2D eigenvalue weighted by atomic mass is 79.9. The van der Waals surface area contributed by atoms with Gasteiger partial charge in [-0.05, 0) is 0 Å². The van der Waals surface area contributed by atoms with Crippen molar-refractivity contribution in [2.24, 2.45) is 0 Å². The van der Waals surface area contributed by atoms with Crippen LogP contribution in [0.3, 0.4) is 0 Å². The quantitative estimate of drug-likeness (QED) is 0.794. The minimum absolute atomic E-state index is 0.543. The third-order valence-electron chi connectivity index (χ3n) is 0.979. The van der Waals surface area contributed by atoms with Gasteiger partial charge in [0.05, 0.1) is 0 Å². The van der Waals surface area contributed by atoms with Crippen molar-refractivity contribution < 1.29 is 9.90 Å². The molecule has 1 amide bonds. The summed E-state index contributed by atoms with van der Waals surface area (Å²) in [5.41, 5.74) is 0. The van der Waals surface area contributed by atoms with Gasteiger partial charge < -0.3 is 10.0 Å². The normalized spacial score (nSPS) is 9.40. The molecule has 0 spiro atoms. The van der Waals surface area contributed by atoms with Crippen molar-refractivity contribution in [3.8, 4) is 0 Å². The van der Waals surface area contributed by atoms with Crippen LogP contribution in [-0.4, -0.2) is 39.8 Å². The molecule has 0 saturated heterocycles. The van der Waals surface area contributed by atoms with Gasteiger partial charge in [0.2, 0.25) is 0 Å². The Bertz CT molecular complexity index is 104. The smallest absolute Gasteiger partial charge is 0.407 e. The topological polar surface area (TPSA) is 40.5 Å². The van der Waals surface area contributed by atoms with Gasteiger partial charge in [-0.15, -0.1) is 0 Å². The summed E-state index contributed by atoms with van der Waals surface area (Å²) in [5, 5.41) is 9.89. The molecule has 0 unspecified atom stereocenters. The molecule has 0 aromatic heterocycles. The van der Waals surface area contributed by atoms with Crippen LogP contribution in [0.1, 0.15) is 0 Å². The van der Waals surface area contributed by atoms with Gasteiger partial charge in [0, 0.05) is 23.7 Å². The maximum Gasteiger partial charge on any atom is 0.407 e. The molecule has 0 aliphatic heterocycles. The van der Waals surface area contributed by atoms with E-state index >= 15 is 0 Å². The lowest BCUT2D eigenvalue weighted by Crippen LogP contribution is -2.32. The first-order valence-corrected chi connectivity index (χ1v) is 5.06. The molecule has 3 nitrogen and oxygen atoms in total. The van der Waals surface area contributed by atoms with Crippen LogP contribution in [0.4, 0.5) is 4.79 Å². The van der Waals surface area contributed by atoms with E-state index in [1.54, 1.807) is 0 Å². The van der Waals surface area contributed by atoms with Gasteiger partial charge in [0.15, 0.2) is 0 Å². The zero-order chi connectivity index (χ0) is 7.98. The molecule has 0 atom stereocenters. The molecule has 5 heteroatoms. The molecule has 0 bridgehead atoms. The molecule has 60 valence electrons. The third kappa shape index (κ3) is 4.11. The van der Waals surface area contributed by atoms with Crippen molar-refractivity contribution in [2.45, 2.75) is 0 Å². The zero-order valence-corrected chi connectivity index (χ0v) is 8.56. The molecular weight excluding hydrogens is 266 g/mol. The van der Waals surface area contributed by atoms with E-state index in [0.717, 1.165) is 0 Å². The summed E-state index contributed by atoms with van der Waals surface area (Å²) in [6, 6.07) is 0. The Kier molecular flexibility index (Phi) is 6.11. The molecule has 10 heavy (non-hydrogen) atoms. The molecule has 0 heterocycles. The molecular formula is C5H9Br2NO2. The highest BCUT2D eigenvalue weighted by Gasteiger charge is 2.07. The lowest BCUT2D eigenvalue weighted by atomic mass is 10.6. The minimum atomic E-state index is -0.862. The Labute approximate surface area is 76.6 Å². The standard InChI is InChI=1S/C5H9Br2NO2/c6-1-3-8(4-2-7)5(9)10/h1-4H2,(H,9,10). The molecule has 0 aromatic rings. The molecule has 0 radical (unpaired) electrons. The number of amides is 1. The van der Waals surface area contributed by atoms with Crippen LogP contribution in [0.25, 0.3) is 0 Å². The van der Waals surface area contributed by atoms with Crippen LogP contribution in [0.15, 0.2) is 0 Å². The first kappa shape index (κ1) is 10.2. The van der Waals surface area contributed by atoms with Crippen LogP contribution in [-0.2, 0) is 0 Å². The Balaban J connectivity index is 3.61. The summed E-state index contributed by atoms with van der Waals surface area (Å²) < 4.78 is 0. The highest BCUT2D eigenvalue weighted by molar-refractivity contribution is 9.09. The summed E-state index contributed by atoms with van der Waals surface area (Å²) in [4.78, 5) is 11.7. The summed E-state index contributed by atoms with van der Waals surface area (Å²) >= 11 is 6.34. The Morgan fingerprint density at radius 2 is 1.70 bits per heavy atom. The van der Waals surface area contributed by atoms with Gasteiger partial charge >= 0.3 is 6.09 Å². The van der Waals surface area contributed by atoms with Crippen molar-refractivity contribution in [3.63, 3.8) is 0 Å². The van der Waals surface area contributed by atoms with E-state index in [4.69, 9.17) is 5.11 Å². The maximum absolute atomic E-state index is 10.4. The monoisotopic (exact) mass is 273 g/mol. The summed E-state index contributed by atoms with van der Waals surface area (Å²) in [6.45, 7) is 1.09. The zero-order valence-electron chi connectivity index (χ0n) is 5.39. The number of alkyl halides is 2. The molecule has 0 fully saturated rings. The predicted octanol–water partition coefficient (Wildman–Crippen LogP) is 1.76. The summed E-state index contributed by atoms with van der Waals surface area (Å²) in [7, 11) is 0. The van der Waals surface area contributed by atoms with E-state index in [1.165, 1.54) is 4.90 Å². The van der Waals surface area contributed by atoms with Gasteiger partial charge in [-0.2, -0.15) is 0 Å². The van der Waals surface area contributed by atoms with Gasteiger partial charge in [-0.1, -0.05) is 31.9 Å². The maximum atomic E-state index is 10.4. The average molecular weight is 275 g/mol. The first-order chi connectivity index (χ1) is 4.72. The largest absolute Gasteiger partial charge is 0.465 e. The number of carbonyl (C=O) groups is 1. The van der Waals surface area contributed by atoms with Crippen molar-refractivity contribution in [2.75, 3.05) is 23.7 Å². The van der Waals surface area contributed by atoms with Gasteiger partial charge in [0.25, 0.3) is 0 Å². The molecule has 0 rings (SSSR count). The van der Waals surface area contributed by atoms with Crippen molar-refractivity contribution >= 4 is 38.0 Å². The van der Waals surface area contributed by atoms with Crippen LogP contribution >= 0.6 is 31.9 Å². The molecule has 0 aromatic carbocycles. The van der Waals surface area contributed by atoms with Crippen LogP contribution in [0.2, 0.25) is 0 Å². The Morgan fingerprint density at radius 1 is 1.30 bits per heavy atom. The Hall–Kier alpha value is 0.230. The lowest BCUT2D eigenvalue weighted by molar-refractivity contribution is 0.151. The molecule has 1 N–H and O–H groups in total. The number of nitrogens with zero attached hydrogens (tertiary/aromatic N) is 1. The second-order valence-electron chi connectivity index (χ2n) is 1.65. The second kappa shape index (κ2) is 5.97. The Morgan fingerprint density at radius 3 is 1.90 bits per heavy atom. The summed E-state index contributed by atoms with van der Waals surface area (Å²) in [6.07, 6.45) is -0.862. The van der Waals surface area contributed by atoms with Crippen LogP contribution in [0.5, 0.6) is 0 Å². The van der Waals surface area contributed by atoms with E-state index in [-0.39, 0.29) is 0 Å². The number of halogens is 2. The van der Waals surface area contributed by atoms with E-state index in [2.05, 4.69) is 31.9 Å². The van der Waals surface area contributed by atoms with Crippen molar-refractivity contribution in [1.82, 2.24) is 4.90 Å². The van der Waals surface area contributed by atoms with Gasteiger partial charge in [0.1, 0.15) is 0 Å². The average Bonchev–Trinajstić information content (AvgIpc) is 1.87. The van der Waals surface area contributed by atoms with Crippen molar-refractivity contribution in [1.29, 1.82) is 0 Å². The second-order valence-corrected chi connectivity index (χ2v) is 3.23. The fourth-order valence-corrected chi connectivity index (χ4v) is 1.36. The fourth-order valence-electron chi connectivity index (χ4n) is 0.507. The van der Waals surface area contributed by atoms with E-state index in [1.807, 2.05) is 0 Å². The fraction of sp³-hybridized carbons (Fsp3) is 0.800. The van der Waals surface area contributed by atoms with E-state index in [9.17, 15) is 4.79 Å². The molecule has 0 saturated carbocycles. The first-order valence-electron chi connectivity index (χ1n) is 2.82. The van der Waals surface area contributed by atoms with Crippen molar-refractivity contribution in [3.05, 3.63) is 0 Å². The minimum Gasteiger partial charge on any atom is -0.465 e. The number of rotatable bonds is 4. The van der Waals surface area contributed by atoms with Gasteiger partial charge in [-0.25, -0.2) is 4.79 Å². The number of hydrogen-bond acceptors (Lipinski definition) is 1. The van der Waals surface area contributed by atoms with Crippen LogP contribution in [0, 0.1) is 0 Å².